The van der Waals surface area contributed by atoms with Gasteiger partial charge < -0.3 is 15.7 Å². The molecule has 1 aromatic carbocycles. The second-order valence-corrected chi connectivity index (χ2v) is 5.92. The van der Waals surface area contributed by atoms with Crippen LogP contribution in [0.2, 0.25) is 10.0 Å². The Morgan fingerprint density at radius 3 is 2.60 bits per heavy atom. The van der Waals surface area contributed by atoms with E-state index in [-0.39, 0.29) is 21.7 Å². The first-order valence-corrected chi connectivity index (χ1v) is 7.48. The number of phenolic OH excluding ortho intramolecular Hbond substituents is 1. The van der Waals surface area contributed by atoms with Crippen molar-refractivity contribution in [1.82, 2.24) is 5.32 Å². The molecule has 1 atom stereocenters. The van der Waals surface area contributed by atoms with E-state index >= 15 is 0 Å². The van der Waals surface area contributed by atoms with E-state index in [1.807, 2.05) is 0 Å². The number of hydrogen-bond acceptors (Lipinski definition) is 3. The molecule has 6 heteroatoms. The van der Waals surface area contributed by atoms with E-state index in [1.165, 1.54) is 12.1 Å². The van der Waals surface area contributed by atoms with Crippen LogP contribution >= 0.6 is 23.2 Å². The Labute approximate surface area is 128 Å². The Balaban J connectivity index is 2.18. The summed E-state index contributed by atoms with van der Waals surface area (Å²) in [5, 5.41) is 15.9. The predicted octanol–water partition coefficient (Wildman–Crippen LogP) is 3.56. The van der Waals surface area contributed by atoms with Gasteiger partial charge in [-0.25, -0.2) is 0 Å². The minimum absolute atomic E-state index is 0.0744. The number of amides is 1. The first-order chi connectivity index (χ1) is 9.48. The Morgan fingerprint density at radius 1 is 1.45 bits per heavy atom. The van der Waals surface area contributed by atoms with Crippen LogP contribution in [0.3, 0.4) is 0 Å². The minimum Gasteiger partial charge on any atom is -0.505 e. The standard InChI is InChI=1S/C14H18Cl2N2O2/c1-2-4-14(5-3-6-17-14)13(20)18-9-7-10(15)12(19)11(16)8-9/h7-8,17,19H,2-6H2,1H3,(H,18,20). The lowest BCUT2D eigenvalue weighted by atomic mass is 9.91. The van der Waals surface area contributed by atoms with Crippen molar-refractivity contribution in [3.05, 3.63) is 22.2 Å². The molecule has 0 aliphatic carbocycles. The normalized spacial score (nSPS) is 21.9. The third-order valence-electron chi connectivity index (χ3n) is 3.63. The van der Waals surface area contributed by atoms with E-state index in [0.717, 1.165) is 32.2 Å². The van der Waals surface area contributed by atoms with Crippen molar-refractivity contribution in [2.24, 2.45) is 0 Å². The number of carbonyl (C=O) groups excluding carboxylic acids is 1. The fourth-order valence-electron chi connectivity index (χ4n) is 2.64. The number of benzene rings is 1. The molecule has 1 aromatic rings. The molecule has 0 saturated carbocycles. The van der Waals surface area contributed by atoms with E-state index in [9.17, 15) is 9.90 Å². The third-order valence-corrected chi connectivity index (χ3v) is 4.21. The Morgan fingerprint density at radius 2 is 2.10 bits per heavy atom. The number of aromatic hydroxyl groups is 1. The molecule has 1 aliphatic rings. The minimum atomic E-state index is -0.508. The van der Waals surface area contributed by atoms with E-state index < -0.39 is 5.54 Å². The Bertz CT molecular complexity index is 491. The molecule has 3 N–H and O–H groups in total. The van der Waals surface area contributed by atoms with Crippen LogP contribution in [0.1, 0.15) is 32.6 Å². The van der Waals surface area contributed by atoms with Crippen LogP contribution < -0.4 is 10.6 Å². The molecule has 2 rings (SSSR count). The van der Waals surface area contributed by atoms with Gasteiger partial charge in [-0.15, -0.1) is 0 Å². The quantitative estimate of drug-likeness (QED) is 0.744. The zero-order chi connectivity index (χ0) is 14.8. The summed E-state index contributed by atoms with van der Waals surface area (Å²) in [5.74, 6) is -0.247. The fourth-order valence-corrected chi connectivity index (χ4v) is 3.13. The van der Waals surface area contributed by atoms with Crippen LogP contribution in [-0.2, 0) is 4.79 Å². The molecule has 1 heterocycles. The third kappa shape index (κ3) is 3.03. The summed E-state index contributed by atoms with van der Waals surface area (Å²) in [6, 6.07) is 2.99. The molecule has 20 heavy (non-hydrogen) atoms. The number of anilines is 1. The Kier molecular flexibility index (Phi) is 4.78. The smallest absolute Gasteiger partial charge is 0.244 e. The maximum atomic E-state index is 12.5. The maximum absolute atomic E-state index is 12.5. The summed E-state index contributed by atoms with van der Waals surface area (Å²) in [4.78, 5) is 12.5. The number of carbonyl (C=O) groups is 1. The molecular formula is C14H18Cl2N2O2. The number of hydrogen-bond donors (Lipinski definition) is 3. The van der Waals surface area contributed by atoms with Gasteiger partial charge in [0.15, 0.2) is 5.75 Å². The van der Waals surface area contributed by atoms with Gasteiger partial charge >= 0.3 is 0 Å². The maximum Gasteiger partial charge on any atom is 0.244 e. The molecule has 1 fully saturated rings. The first-order valence-electron chi connectivity index (χ1n) is 6.73. The van der Waals surface area contributed by atoms with Crippen molar-refractivity contribution in [2.45, 2.75) is 38.1 Å². The summed E-state index contributed by atoms with van der Waals surface area (Å²) in [6.45, 7) is 2.91. The van der Waals surface area contributed by atoms with E-state index in [0.29, 0.717) is 5.69 Å². The molecule has 0 radical (unpaired) electrons. The lowest BCUT2D eigenvalue weighted by Gasteiger charge is -2.28. The lowest BCUT2D eigenvalue weighted by Crippen LogP contribution is -2.50. The van der Waals surface area contributed by atoms with Gasteiger partial charge in [0.2, 0.25) is 5.91 Å². The molecule has 1 saturated heterocycles. The topological polar surface area (TPSA) is 61.4 Å². The summed E-state index contributed by atoms with van der Waals surface area (Å²) in [7, 11) is 0. The molecule has 0 aromatic heterocycles. The fraction of sp³-hybridized carbons (Fsp3) is 0.500. The van der Waals surface area contributed by atoms with Crippen LogP contribution in [-0.4, -0.2) is 23.1 Å². The summed E-state index contributed by atoms with van der Waals surface area (Å²) >= 11 is 11.7. The second-order valence-electron chi connectivity index (χ2n) is 5.11. The number of rotatable bonds is 4. The highest BCUT2D eigenvalue weighted by Gasteiger charge is 2.39. The van der Waals surface area contributed by atoms with E-state index in [2.05, 4.69) is 17.6 Å². The van der Waals surface area contributed by atoms with Crippen LogP contribution in [0.25, 0.3) is 0 Å². The number of halogens is 2. The van der Waals surface area contributed by atoms with Crippen molar-refractivity contribution >= 4 is 34.8 Å². The van der Waals surface area contributed by atoms with Gasteiger partial charge in [-0.05, 0) is 37.9 Å². The monoisotopic (exact) mass is 316 g/mol. The van der Waals surface area contributed by atoms with Crippen LogP contribution in [0.5, 0.6) is 5.75 Å². The van der Waals surface area contributed by atoms with Crippen LogP contribution in [0.15, 0.2) is 12.1 Å². The van der Waals surface area contributed by atoms with Crippen molar-refractivity contribution in [1.29, 1.82) is 0 Å². The van der Waals surface area contributed by atoms with Gasteiger partial charge in [0.25, 0.3) is 0 Å². The zero-order valence-electron chi connectivity index (χ0n) is 11.3. The summed E-state index contributed by atoms with van der Waals surface area (Å²) in [5.41, 5.74) is -0.0158. The van der Waals surface area contributed by atoms with Gasteiger partial charge in [0, 0.05) is 5.69 Å². The number of nitrogens with one attached hydrogen (secondary N) is 2. The highest BCUT2D eigenvalue weighted by Crippen LogP contribution is 2.35. The molecular weight excluding hydrogens is 299 g/mol. The van der Waals surface area contributed by atoms with Gasteiger partial charge in [-0.3, -0.25) is 4.79 Å². The zero-order valence-corrected chi connectivity index (χ0v) is 12.8. The SMILES string of the molecule is CCCC1(C(=O)Nc2cc(Cl)c(O)c(Cl)c2)CCCN1. The number of phenols is 1. The average molecular weight is 317 g/mol. The van der Waals surface area contributed by atoms with E-state index in [1.54, 1.807) is 0 Å². The second kappa shape index (κ2) is 6.20. The molecule has 0 spiro atoms. The van der Waals surface area contributed by atoms with Gasteiger partial charge in [-0.1, -0.05) is 36.5 Å². The molecule has 110 valence electrons. The van der Waals surface area contributed by atoms with Crippen LogP contribution in [0.4, 0.5) is 5.69 Å². The molecule has 4 nitrogen and oxygen atoms in total. The lowest BCUT2D eigenvalue weighted by molar-refractivity contribution is -0.122. The average Bonchev–Trinajstić information content (AvgIpc) is 2.86. The summed E-state index contributed by atoms with van der Waals surface area (Å²) in [6.07, 6.45) is 3.53. The van der Waals surface area contributed by atoms with Gasteiger partial charge in [0.05, 0.1) is 15.6 Å². The Hall–Kier alpha value is -0.970. The highest BCUT2D eigenvalue weighted by atomic mass is 35.5. The predicted molar refractivity (Wildman–Crippen MR) is 81.6 cm³/mol. The summed E-state index contributed by atoms with van der Waals surface area (Å²) < 4.78 is 0. The molecule has 1 aliphatic heterocycles. The van der Waals surface area contributed by atoms with Crippen molar-refractivity contribution in [3.63, 3.8) is 0 Å². The van der Waals surface area contributed by atoms with Gasteiger partial charge in [-0.2, -0.15) is 0 Å². The van der Waals surface area contributed by atoms with Crippen molar-refractivity contribution < 1.29 is 9.90 Å². The molecule has 0 bridgehead atoms. The molecule has 1 amide bonds. The van der Waals surface area contributed by atoms with Gasteiger partial charge in [0.1, 0.15) is 0 Å². The van der Waals surface area contributed by atoms with E-state index in [4.69, 9.17) is 23.2 Å². The van der Waals surface area contributed by atoms with Crippen molar-refractivity contribution in [3.8, 4) is 5.75 Å². The first kappa shape index (κ1) is 15.4. The molecule has 1 unspecified atom stereocenters. The highest BCUT2D eigenvalue weighted by molar-refractivity contribution is 6.37. The van der Waals surface area contributed by atoms with Crippen molar-refractivity contribution in [2.75, 3.05) is 11.9 Å². The van der Waals surface area contributed by atoms with Crippen LogP contribution in [0, 0.1) is 0 Å². The largest absolute Gasteiger partial charge is 0.505 e.